The van der Waals surface area contributed by atoms with Gasteiger partial charge in [-0.15, -0.1) is 0 Å². The molecule has 0 aliphatic carbocycles. The summed E-state index contributed by atoms with van der Waals surface area (Å²) in [4.78, 5) is 9.00. The van der Waals surface area contributed by atoms with Gasteiger partial charge in [0.25, 0.3) is 0 Å². The molecule has 5 N–H and O–H groups in total. The summed E-state index contributed by atoms with van der Waals surface area (Å²) in [6.45, 7) is 3.36. The normalized spacial score (nSPS) is 7.80. The monoisotopic (exact) mass is 147 g/mol. The van der Waals surface area contributed by atoms with Crippen LogP contribution in [0.4, 0.5) is 4.79 Å². The predicted molar refractivity (Wildman–Crippen MR) is 42.6 cm³/mol. The van der Waals surface area contributed by atoms with E-state index in [0.29, 0.717) is 0 Å². The second kappa shape index (κ2) is 11.1. The molecule has 0 saturated carbocycles. The number of hydrogen-bond donors (Lipinski definition) is 3. The summed E-state index contributed by atoms with van der Waals surface area (Å²) in [7, 11) is 1.98. The Morgan fingerprint density at radius 3 is 2.00 bits per heavy atom. The number of carbonyl (C=O) groups excluding carboxylic acids is 1. The summed E-state index contributed by atoms with van der Waals surface area (Å²) in [6.07, 6.45) is 2.59. The van der Waals surface area contributed by atoms with Gasteiger partial charge in [0.2, 0.25) is 0 Å². The first-order chi connectivity index (χ1) is 4.65. The van der Waals surface area contributed by atoms with Gasteiger partial charge in [0.05, 0.1) is 0 Å². The standard InChI is InChI=1S/C5H13N.CH4N2O/c1-3-4-5-6-2;2-1(3)4/h6H,3-5H2,1-2H3;(H4,2,3,4). The number of unbranched alkanes of at least 4 members (excludes halogenated alkanes) is 1. The molecule has 0 heterocycles. The van der Waals surface area contributed by atoms with Gasteiger partial charge in [0, 0.05) is 0 Å². The third-order valence-corrected chi connectivity index (χ3v) is 0.780. The molecule has 62 valence electrons. The molecule has 0 saturated heterocycles. The fourth-order valence-corrected chi connectivity index (χ4v) is 0.354. The predicted octanol–water partition coefficient (Wildman–Crippen LogP) is 0.0297. The minimum absolute atomic E-state index is 0.833. The van der Waals surface area contributed by atoms with E-state index in [4.69, 9.17) is 4.79 Å². The van der Waals surface area contributed by atoms with Gasteiger partial charge in [-0.05, 0) is 20.0 Å². The van der Waals surface area contributed by atoms with Gasteiger partial charge >= 0.3 is 6.03 Å². The van der Waals surface area contributed by atoms with Crippen molar-refractivity contribution in [1.29, 1.82) is 0 Å². The van der Waals surface area contributed by atoms with Gasteiger partial charge in [0.1, 0.15) is 0 Å². The zero-order chi connectivity index (χ0) is 8.41. The van der Waals surface area contributed by atoms with Crippen LogP contribution in [0.2, 0.25) is 0 Å². The van der Waals surface area contributed by atoms with Gasteiger partial charge in [0.15, 0.2) is 0 Å². The molecule has 0 aromatic rings. The molecule has 0 unspecified atom stereocenters. The maximum Gasteiger partial charge on any atom is 0.309 e. The maximum atomic E-state index is 9.00. The van der Waals surface area contributed by atoms with Crippen LogP contribution in [0.5, 0.6) is 0 Å². The van der Waals surface area contributed by atoms with Crippen LogP contribution < -0.4 is 16.8 Å². The summed E-state index contributed by atoms with van der Waals surface area (Å²) in [5.41, 5.74) is 8.50. The van der Waals surface area contributed by atoms with Gasteiger partial charge < -0.3 is 16.8 Å². The molecule has 10 heavy (non-hydrogen) atoms. The Balaban J connectivity index is 0. The van der Waals surface area contributed by atoms with E-state index in [1.165, 1.54) is 12.8 Å². The van der Waals surface area contributed by atoms with Crippen molar-refractivity contribution in [2.24, 2.45) is 11.5 Å². The number of hydrogen-bond acceptors (Lipinski definition) is 2. The fourth-order valence-electron chi connectivity index (χ4n) is 0.354. The van der Waals surface area contributed by atoms with E-state index in [9.17, 15) is 0 Å². The molecule has 0 fully saturated rings. The molecule has 0 rings (SSSR count). The minimum Gasteiger partial charge on any atom is -0.352 e. The Morgan fingerprint density at radius 2 is 1.90 bits per heavy atom. The third-order valence-electron chi connectivity index (χ3n) is 0.780. The van der Waals surface area contributed by atoms with Crippen LogP contribution >= 0.6 is 0 Å². The van der Waals surface area contributed by atoms with Crippen LogP contribution in [-0.4, -0.2) is 19.6 Å². The summed E-state index contributed by atoms with van der Waals surface area (Å²) in [6, 6.07) is -0.833. The lowest BCUT2D eigenvalue weighted by molar-refractivity contribution is 0.256. The molecule has 0 aromatic carbocycles. The summed E-state index contributed by atoms with van der Waals surface area (Å²) in [5, 5.41) is 3.07. The van der Waals surface area contributed by atoms with Crippen molar-refractivity contribution < 1.29 is 4.79 Å². The molecule has 0 bridgehead atoms. The van der Waals surface area contributed by atoms with Crippen LogP contribution in [0.25, 0.3) is 0 Å². The molecule has 0 aromatic heterocycles. The average Bonchev–Trinajstić information content (AvgIpc) is 1.82. The number of carbonyl (C=O) groups is 1. The Bertz CT molecular complexity index is 67.4. The van der Waals surface area contributed by atoms with Crippen molar-refractivity contribution in [2.75, 3.05) is 13.6 Å². The highest BCUT2D eigenvalue weighted by molar-refractivity contribution is 5.69. The summed E-state index contributed by atoms with van der Waals surface area (Å²) < 4.78 is 0. The van der Waals surface area contributed by atoms with Crippen LogP contribution in [0, 0.1) is 0 Å². The molecule has 0 spiro atoms. The topological polar surface area (TPSA) is 81.1 Å². The summed E-state index contributed by atoms with van der Waals surface area (Å²) in [5.74, 6) is 0. The third kappa shape index (κ3) is 56.4. The molecule has 0 aliphatic heterocycles. The average molecular weight is 147 g/mol. The lowest BCUT2D eigenvalue weighted by Gasteiger charge is -1.89. The number of nitrogens with two attached hydrogens (primary N) is 2. The molecular formula is C6H17N3O. The lowest BCUT2D eigenvalue weighted by Crippen LogP contribution is -2.18. The highest BCUT2D eigenvalue weighted by atomic mass is 16.2. The van der Waals surface area contributed by atoms with Crippen molar-refractivity contribution in [3.05, 3.63) is 0 Å². The van der Waals surface area contributed by atoms with Gasteiger partial charge in [-0.1, -0.05) is 13.3 Å². The highest BCUT2D eigenvalue weighted by Crippen LogP contribution is 1.79. The van der Waals surface area contributed by atoms with Crippen molar-refractivity contribution in [1.82, 2.24) is 5.32 Å². The maximum absolute atomic E-state index is 9.00. The van der Waals surface area contributed by atoms with Crippen LogP contribution in [0.1, 0.15) is 19.8 Å². The van der Waals surface area contributed by atoms with E-state index in [0.717, 1.165) is 6.54 Å². The van der Waals surface area contributed by atoms with Gasteiger partial charge in [-0.3, -0.25) is 0 Å². The van der Waals surface area contributed by atoms with E-state index in [1.807, 2.05) is 7.05 Å². The molecule has 0 atom stereocenters. The van der Waals surface area contributed by atoms with E-state index in [-0.39, 0.29) is 0 Å². The zero-order valence-corrected chi connectivity index (χ0v) is 6.68. The molecule has 2 amide bonds. The molecule has 0 radical (unpaired) electrons. The molecule has 0 aliphatic rings. The van der Waals surface area contributed by atoms with Crippen LogP contribution in [0.15, 0.2) is 0 Å². The Labute approximate surface area is 62.0 Å². The summed E-state index contributed by atoms with van der Waals surface area (Å²) >= 11 is 0. The fraction of sp³-hybridized carbons (Fsp3) is 0.833. The van der Waals surface area contributed by atoms with E-state index < -0.39 is 6.03 Å². The second-order valence-corrected chi connectivity index (χ2v) is 1.86. The van der Waals surface area contributed by atoms with E-state index in [2.05, 4.69) is 23.7 Å². The van der Waals surface area contributed by atoms with Crippen molar-refractivity contribution in [3.8, 4) is 0 Å². The van der Waals surface area contributed by atoms with Gasteiger partial charge in [-0.2, -0.15) is 0 Å². The number of amides is 2. The number of primary amides is 2. The Kier molecular flexibility index (Phi) is 13.3. The van der Waals surface area contributed by atoms with Crippen molar-refractivity contribution in [3.63, 3.8) is 0 Å². The largest absolute Gasteiger partial charge is 0.352 e. The second-order valence-electron chi connectivity index (χ2n) is 1.86. The molecule has 4 heteroatoms. The highest BCUT2D eigenvalue weighted by Gasteiger charge is 1.73. The first kappa shape index (κ1) is 12.0. The smallest absolute Gasteiger partial charge is 0.309 e. The van der Waals surface area contributed by atoms with Crippen LogP contribution in [-0.2, 0) is 0 Å². The Hall–Kier alpha value is -0.770. The minimum atomic E-state index is -0.833. The number of urea groups is 1. The van der Waals surface area contributed by atoms with Crippen molar-refractivity contribution in [2.45, 2.75) is 19.8 Å². The van der Waals surface area contributed by atoms with E-state index >= 15 is 0 Å². The van der Waals surface area contributed by atoms with Crippen molar-refractivity contribution >= 4 is 6.03 Å². The molecule has 4 nitrogen and oxygen atoms in total. The number of rotatable bonds is 3. The number of nitrogens with one attached hydrogen (secondary N) is 1. The lowest BCUT2D eigenvalue weighted by atomic mass is 10.3. The first-order valence-electron chi connectivity index (χ1n) is 3.34. The SMILES string of the molecule is CCCCNC.NC(N)=O. The molecular weight excluding hydrogens is 130 g/mol. The Morgan fingerprint density at radius 1 is 1.50 bits per heavy atom. The first-order valence-corrected chi connectivity index (χ1v) is 3.34. The quantitative estimate of drug-likeness (QED) is 0.492. The van der Waals surface area contributed by atoms with Gasteiger partial charge in [-0.25, -0.2) is 4.79 Å². The van der Waals surface area contributed by atoms with Crippen LogP contribution in [0.3, 0.4) is 0 Å². The zero-order valence-electron chi connectivity index (χ0n) is 6.68. The van der Waals surface area contributed by atoms with E-state index in [1.54, 1.807) is 0 Å².